The van der Waals surface area contributed by atoms with Crippen molar-refractivity contribution in [3.05, 3.63) is 35.0 Å². The molecule has 0 bridgehead atoms. The number of alkyl halides is 2. The van der Waals surface area contributed by atoms with Crippen LogP contribution in [0.15, 0.2) is 24.3 Å². The van der Waals surface area contributed by atoms with Crippen LogP contribution in [0.5, 0.6) is 0 Å². The van der Waals surface area contributed by atoms with Gasteiger partial charge in [-0.05, 0) is 30.0 Å². The third kappa shape index (κ3) is 3.08. The van der Waals surface area contributed by atoms with Crippen LogP contribution in [0, 0.1) is 5.82 Å². The van der Waals surface area contributed by atoms with E-state index in [1.54, 1.807) is 12.1 Å². The third-order valence-corrected chi connectivity index (χ3v) is 5.39. The summed E-state index contributed by atoms with van der Waals surface area (Å²) in [6, 6.07) is 6.21. The van der Waals surface area contributed by atoms with Crippen molar-refractivity contribution in [1.82, 2.24) is 5.32 Å². The summed E-state index contributed by atoms with van der Waals surface area (Å²) in [5.41, 5.74) is -0.610. The number of fused-ring (bicyclic) bond motifs is 1. The molecule has 0 unspecified atom stereocenters. The van der Waals surface area contributed by atoms with Gasteiger partial charge in [0.05, 0.1) is 10.4 Å². The Morgan fingerprint density at radius 1 is 1.35 bits per heavy atom. The van der Waals surface area contributed by atoms with Crippen molar-refractivity contribution in [3.8, 4) is 0 Å². The van der Waals surface area contributed by atoms with E-state index >= 15 is 0 Å². The lowest BCUT2D eigenvalue weighted by Gasteiger charge is -2.29. The maximum absolute atomic E-state index is 13.2. The molecule has 0 saturated carbocycles. The highest BCUT2D eigenvalue weighted by Crippen LogP contribution is 2.27. The molecular formula is C14H14Cl2FNOS. The van der Waals surface area contributed by atoms with Crippen LogP contribution >= 0.6 is 34.5 Å². The van der Waals surface area contributed by atoms with E-state index in [1.807, 2.05) is 6.92 Å². The number of hydrogen-bond acceptors (Lipinski definition) is 2. The van der Waals surface area contributed by atoms with E-state index < -0.39 is 5.54 Å². The summed E-state index contributed by atoms with van der Waals surface area (Å²) in [5.74, 6) is -0.0400. The van der Waals surface area contributed by atoms with E-state index in [0.717, 1.165) is 10.1 Å². The van der Waals surface area contributed by atoms with Crippen molar-refractivity contribution in [1.29, 1.82) is 0 Å². The van der Waals surface area contributed by atoms with Crippen LogP contribution in [-0.2, 0) is 0 Å². The van der Waals surface area contributed by atoms with E-state index in [1.165, 1.54) is 23.5 Å². The summed E-state index contributed by atoms with van der Waals surface area (Å²) in [6.07, 6.45) is 0.644. The van der Waals surface area contributed by atoms with Gasteiger partial charge in [0.2, 0.25) is 0 Å². The molecule has 108 valence electrons. The quantitative estimate of drug-likeness (QED) is 0.807. The first kappa shape index (κ1) is 15.5. The van der Waals surface area contributed by atoms with Gasteiger partial charge in [-0.1, -0.05) is 13.0 Å². The Bertz CT molecular complexity index is 616. The molecule has 1 aromatic carbocycles. The second-order valence-corrected chi connectivity index (χ2v) is 6.27. The van der Waals surface area contributed by atoms with Gasteiger partial charge in [0.15, 0.2) is 0 Å². The molecule has 2 nitrogen and oxygen atoms in total. The smallest absolute Gasteiger partial charge is 0.261 e. The summed E-state index contributed by atoms with van der Waals surface area (Å²) < 4.78 is 13.9. The van der Waals surface area contributed by atoms with Gasteiger partial charge in [-0.3, -0.25) is 4.79 Å². The number of hydrogen-bond donors (Lipinski definition) is 1. The summed E-state index contributed by atoms with van der Waals surface area (Å²) in [6.45, 7) is 1.92. The molecule has 2 rings (SSSR count). The Morgan fingerprint density at radius 2 is 2.05 bits per heavy atom. The van der Waals surface area contributed by atoms with Crippen LogP contribution in [0.3, 0.4) is 0 Å². The lowest BCUT2D eigenvalue weighted by Crippen LogP contribution is -2.51. The summed E-state index contributed by atoms with van der Waals surface area (Å²) in [4.78, 5) is 12.8. The highest BCUT2D eigenvalue weighted by molar-refractivity contribution is 7.20. The van der Waals surface area contributed by atoms with Crippen LogP contribution in [0.25, 0.3) is 10.1 Å². The number of rotatable bonds is 5. The average Bonchev–Trinajstić information content (AvgIpc) is 2.88. The summed E-state index contributed by atoms with van der Waals surface area (Å²) >= 11 is 13.1. The van der Waals surface area contributed by atoms with E-state index in [0.29, 0.717) is 11.3 Å². The minimum absolute atomic E-state index is 0.227. The Kier molecular flexibility index (Phi) is 4.89. The first-order valence-corrected chi connectivity index (χ1v) is 8.05. The van der Waals surface area contributed by atoms with Gasteiger partial charge < -0.3 is 5.32 Å². The standard InChI is InChI=1S/C14H14Cl2FNOS/c1-2-14(7-15,8-16)18-13(19)12-5-9-3-4-10(17)6-11(9)20-12/h3-6H,2,7-8H2,1H3,(H,18,19). The minimum atomic E-state index is -0.610. The molecule has 1 N–H and O–H groups in total. The number of thiophene rings is 1. The van der Waals surface area contributed by atoms with Gasteiger partial charge in [-0.25, -0.2) is 4.39 Å². The Morgan fingerprint density at radius 3 is 2.65 bits per heavy atom. The number of halogens is 3. The molecule has 6 heteroatoms. The molecule has 1 amide bonds. The summed E-state index contributed by atoms with van der Waals surface area (Å²) in [7, 11) is 0. The van der Waals surface area contributed by atoms with Crippen molar-refractivity contribution in [2.24, 2.45) is 0 Å². The molecule has 0 fully saturated rings. The molecule has 0 aliphatic heterocycles. The first-order chi connectivity index (χ1) is 9.53. The number of carbonyl (C=O) groups excluding carboxylic acids is 1. The second-order valence-electron chi connectivity index (χ2n) is 4.65. The lowest BCUT2D eigenvalue weighted by atomic mass is 10.0. The predicted molar refractivity (Wildman–Crippen MR) is 83.7 cm³/mol. The SMILES string of the molecule is CCC(CCl)(CCl)NC(=O)c1cc2ccc(F)cc2s1. The maximum atomic E-state index is 13.2. The monoisotopic (exact) mass is 333 g/mol. The zero-order chi connectivity index (χ0) is 14.8. The highest BCUT2D eigenvalue weighted by atomic mass is 35.5. The molecule has 2 aromatic rings. The number of amides is 1. The molecule has 1 heterocycles. The van der Waals surface area contributed by atoms with Crippen LogP contribution in [0.4, 0.5) is 4.39 Å². The highest BCUT2D eigenvalue weighted by Gasteiger charge is 2.29. The van der Waals surface area contributed by atoms with Gasteiger partial charge in [0, 0.05) is 16.5 Å². The van der Waals surface area contributed by atoms with E-state index in [2.05, 4.69) is 5.32 Å². The van der Waals surface area contributed by atoms with Crippen LogP contribution in [-0.4, -0.2) is 23.2 Å². The fourth-order valence-corrected chi connectivity index (χ4v) is 3.58. The number of nitrogens with one attached hydrogen (secondary N) is 1. The van der Waals surface area contributed by atoms with Crippen molar-refractivity contribution in [2.45, 2.75) is 18.9 Å². The van der Waals surface area contributed by atoms with Gasteiger partial charge in [-0.15, -0.1) is 34.5 Å². The molecule has 0 radical (unpaired) electrons. The first-order valence-electron chi connectivity index (χ1n) is 6.17. The Balaban J connectivity index is 2.27. The predicted octanol–water partition coefficient (Wildman–Crippen LogP) is 4.40. The van der Waals surface area contributed by atoms with E-state index in [9.17, 15) is 9.18 Å². The number of carbonyl (C=O) groups is 1. The minimum Gasteiger partial charge on any atom is -0.344 e. The van der Waals surface area contributed by atoms with Crippen LogP contribution in [0.2, 0.25) is 0 Å². The van der Waals surface area contributed by atoms with Gasteiger partial charge in [0.25, 0.3) is 5.91 Å². The maximum Gasteiger partial charge on any atom is 0.261 e. The second kappa shape index (κ2) is 6.29. The fourth-order valence-electron chi connectivity index (χ4n) is 1.80. The van der Waals surface area contributed by atoms with E-state index in [-0.39, 0.29) is 23.5 Å². The molecular weight excluding hydrogens is 320 g/mol. The zero-order valence-corrected chi connectivity index (χ0v) is 13.2. The third-order valence-electron chi connectivity index (χ3n) is 3.27. The molecule has 1 aromatic heterocycles. The van der Waals surface area contributed by atoms with Gasteiger partial charge in [0.1, 0.15) is 5.82 Å². The Labute approximate surface area is 130 Å². The molecule has 0 spiro atoms. The van der Waals surface area contributed by atoms with Crippen molar-refractivity contribution in [2.75, 3.05) is 11.8 Å². The molecule has 20 heavy (non-hydrogen) atoms. The van der Waals surface area contributed by atoms with Crippen molar-refractivity contribution < 1.29 is 9.18 Å². The Hall–Kier alpha value is -0.840. The normalized spacial score (nSPS) is 11.8. The molecule has 0 aliphatic carbocycles. The van der Waals surface area contributed by atoms with Crippen LogP contribution < -0.4 is 5.32 Å². The van der Waals surface area contributed by atoms with Crippen molar-refractivity contribution >= 4 is 50.5 Å². The fraction of sp³-hybridized carbons (Fsp3) is 0.357. The molecule has 0 aliphatic rings. The molecule has 0 saturated heterocycles. The van der Waals surface area contributed by atoms with Crippen molar-refractivity contribution in [3.63, 3.8) is 0 Å². The van der Waals surface area contributed by atoms with Gasteiger partial charge >= 0.3 is 0 Å². The van der Waals surface area contributed by atoms with Crippen LogP contribution in [0.1, 0.15) is 23.0 Å². The summed E-state index contributed by atoms with van der Waals surface area (Å²) in [5, 5.41) is 3.73. The largest absolute Gasteiger partial charge is 0.344 e. The average molecular weight is 334 g/mol. The number of benzene rings is 1. The topological polar surface area (TPSA) is 29.1 Å². The van der Waals surface area contributed by atoms with Gasteiger partial charge in [-0.2, -0.15) is 0 Å². The molecule has 0 atom stereocenters. The van der Waals surface area contributed by atoms with E-state index in [4.69, 9.17) is 23.2 Å². The zero-order valence-electron chi connectivity index (χ0n) is 10.9. The lowest BCUT2D eigenvalue weighted by molar-refractivity contribution is 0.0918.